The molecule has 0 spiro atoms. The zero-order chi connectivity index (χ0) is 28.7. The van der Waals surface area contributed by atoms with Crippen LogP contribution in [0.5, 0.6) is 0 Å². The second-order valence-corrected chi connectivity index (χ2v) is 14.0. The Morgan fingerprint density at radius 2 is 1.00 bits per heavy atom. The first kappa shape index (κ1) is 33.1. The Bertz CT molecular complexity index is 690. The second kappa shape index (κ2) is 14.5. The number of rotatable bonds is 13. The van der Waals surface area contributed by atoms with Crippen molar-refractivity contribution in [3.63, 3.8) is 0 Å². The minimum absolute atomic E-state index is 0.0353. The van der Waals surface area contributed by atoms with Crippen LogP contribution in [-0.4, -0.2) is 69.9 Å². The summed E-state index contributed by atoms with van der Waals surface area (Å²) in [6, 6.07) is 1.33. The zero-order valence-corrected chi connectivity index (χ0v) is 26.7. The van der Waals surface area contributed by atoms with Crippen molar-refractivity contribution in [3.05, 3.63) is 0 Å². The monoisotopic (exact) mass is 534 g/mol. The molecule has 2 aliphatic rings. The van der Waals surface area contributed by atoms with E-state index in [0.29, 0.717) is 36.8 Å². The number of nitrogens with zero attached hydrogens (tertiary/aromatic N) is 2. The number of carbonyl (C=O) groups excluding carboxylic acids is 2. The molecule has 6 atom stereocenters. The van der Waals surface area contributed by atoms with Gasteiger partial charge in [-0.3, -0.25) is 9.59 Å². The van der Waals surface area contributed by atoms with E-state index in [9.17, 15) is 9.59 Å². The molecule has 0 radical (unpaired) electrons. The fourth-order valence-electron chi connectivity index (χ4n) is 6.93. The number of piperidine rings is 2. The summed E-state index contributed by atoms with van der Waals surface area (Å²) in [7, 11) is 0. The highest BCUT2D eigenvalue weighted by atomic mass is 16.2. The van der Waals surface area contributed by atoms with E-state index in [1.165, 1.54) is 0 Å². The van der Waals surface area contributed by atoms with Crippen LogP contribution < -0.4 is 10.6 Å². The molecule has 0 aromatic rings. The standard InChI is InChI=1S/C32H62N4O2/c1-11-13-19-35(27-21-31(7,8)33-25(5)23(27)3)29(37)17-15-16-18-30(38)36(20-14-12-2)28-22-32(9,10)34-26(6)24(28)4/h23-28,33-34H,11-22H2,1-10H3. The van der Waals surface area contributed by atoms with Gasteiger partial charge in [0.1, 0.15) is 0 Å². The van der Waals surface area contributed by atoms with Gasteiger partial charge in [0.15, 0.2) is 0 Å². The number of carbonyl (C=O) groups is 2. The Hall–Kier alpha value is -1.14. The SMILES string of the molecule is CCCCN(C(=O)CCCCC(=O)N(CCCC)C1CC(C)(C)NC(C)C1C)C1CC(C)(C)NC(C)C1C. The van der Waals surface area contributed by atoms with E-state index >= 15 is 0 Å². The first-order valence-electron chi connectivity index (χ1n) is 15.9. The van der Waals surface area contributed by atoms with Crippen molar-refractivity contribution in [2.75, 3.05) is 13.1 Å². The van der Waals surface area contributed by atoms with Gasteiger partial charge < -0.3 is 20.4 Å². The van der Waals surface area contributed by atoms with E-state index in [4.69, 9.17) is 0 Å². The Labute approximate surface area is 235 Å². The summed E-state index contributed by atoms with van der Waals surface area (Å²) in [5, 5.41) is 7.46. The third-order valence-corrected chi connectivity index (χ3v) is 9.44. The van der Waals surface area contributed by atoms with Crippen LogP contribution in [0.25, 0.3) is 0 Å². The molecule has 2 rings (SSSR count). The van der Waals surface area contributed by atoms with Crippen LogP contribution in [0.15, 0.2) is 0 Å². The topological polar surface area (TPSA) is 64.7 Å². The largest absolute Gasteiger partial charge is 0.339 e. The maximum absolute atomic E-state index is 13.5. The van der Waals surface area contributed by atoms with E-state index in [2.05, 4.69) is 89.7 Å². The number of hydrogen-bond acceptors (Lipinski definition) is 4. The van der Waals surface area contributed by atoms with E-state index in [-0.39, 0.29) is 35.0 Å². The fraction of sp³-hybridized carbons (Fsp3) is 0.938. The van der Waals surface area contributed by atoms with Gasteiger partial charge in [0, 0.05) is 61.2 Å². The molecule has 2 saturated heterocycles. The van der Waals surface area contributed by atoms with Crippen LogP contribution in [0.1, 0.15) is 133 Å². The highest BCUT2D eigenvalue weighted by molar-refractivity contribution is 5.78. The summed E-state index contributed by atoms with van der Waals surface area (Å²) in [5.74, 6) is 1.41. The number of hydrogen-bond donors (Lipinski definition) is 2. The summed E-state index contributed by atoms with van der Waals surface area (Å²) in [4.78, 5) is 31.5. The van der Waals surface area contributed by atoms with Gasteiger partial charge in [-0.1, -0.05) is 40.5 Å². The maximum Gasteiger partial charge on any atom is 0.222 e. The average molecular weight is 535 g/mol. The molecule has 2 fully saturated rings. The Kier molecular flexibility index (Phi) is 12.6. The summed E-state index contributed by atoms with van der Waals surface area (Å²) < 4.78 is 0. The minimum Gasteiger partial charge on any atom is -0.339 e. The van der Waals surface area contributed by atoms with Crippen LogP contribution in [0.3, 0.4) is 0 Å². The van der Waals surface area contributed by atoms with Gasteiger partial charge in [-0.2, -0.15) is 0 Å². The summed E-state index contributed by atoms with van der Waals surface area (Å²) in [6.45, 7) is 24.2. The van der Waals surface area contributed by atoms with Crippen molar-refractivity contribution in [1.82, 2.24) is 20.4 Å². The van der Waals surface area contributed by atoms with E-state index in [1.807, 2.05) is 0 Å². The predicted molar refractivity (Wildman–Crippen MR) is 160 cm³/mol. The van der Waals surface area contributed by atoms with Gasteiger partial charge in [0.25, 0.3) is 0 Å². The normalized spacial score (nSPS) is 30.6. The molecule has 6 nitrogen and oxygen atoms in total. The summed E-state index contributed by atoms with van der Waals surface area (Å²) in [5.41, 5.74) is 0.0705. The van der Waals surface area contributed by atoms with Crippen molar-refractivity contribution >= 4 is 11.8 Å². The average Bonchev–Trinajstić information content (AvgIpc) is 2.82. The number of nitrogens with one attached hydrogen (secondary N) is 2. The van der Waals surface area contributed by atoms with E-state index < -0.39 is 0 Å². The molecule has 2 amide bonds. The quantitative estimate of drug-likeness (QED) is 0.279. The molecule has 0 bridgehead atoms. The van der Waals surface area contributed by atoms with Crippen LogP contribution in [-0.2, 0) is 9.59 Å². The van der Waals surface area contributed by atoms with Crippen LogP contribution in [0.4, 0.5) is 0 Å². The second-order valence-electron chi connectivity index (χ2n) is 14.0. The van der Waals surface area contributed by atoms with Gasteiger partial charge in [0.05, 0.1) is 0 Å². The fourth-order valence-corrected chi connectivity index (χ4v) is 6.93. The van der Waals surface area contributed by atoms with Gasteiger partial charge >= 0.3 is 0 Å². The molecule has 6 heteroatoms. The van der Waals surface area contributed by atoms with Gasteiger partial charge in [-0.15, -0.1) is 0 Å². The zero-order valence-electron chi connectivity index (χ0n) is 26.7. The summed E-state index contributed by atoms with van der Waals surface area (Å²) >= 11 is 0. The molecule has 222 valence electrons. The molecular weight excluding hydrogens is 472 g/mol. The van der Waals surface area contributed by atoms with E-state index in [0.717, 1.165) is 64.5 Å². The van der Waals surface area contributed by atoms with E-state index in [1.54, 1.807) is 0 Å². The maximum atomic E-state index is 13.5. The molecule has 0 aromatic heterocycles. The lowest BCUT2D eigenvalue weighted by Crippen LogP contribution is -2.62. The van der Waals surface area contributed by atoms with Crippen molar-refractivity contribution in [1.29, 1.82) is 0 Å². The lowest BCUT2D eigenvalue weighted by atomic mass is 9.78. The number of unbranched alkanes of at least 4 members (excludes halogenated alkanes) is 3. The molecule has 2 N–H and O–H groups in total. The van der Waals surface area contributed by atoms with Gasteiger partial charge in [0.2, 0.25) is 11.8 Å². The lowest BCUT2D eigenvalue weighted by Gasteiger charge is -2.49. The Morgan fingerprint density at radius 1 is 0.658 bits per heavy atom. The molecule has 2 heterocycles. The van der Waals surface area contributed by atoms with Crippen molar-refractivity contribution in [3.8, 4) is 0 Å². The van der Waals surface area contributed by atoms with Crippen molar-refractivity contribution in [2.45, 2.75) is 169 Å². The van der Waals surface area contributed by atoms with Crippen LogP contribution in [0, 0.1) is 11.8 Å². The van der Waals surface area contributed by atoms with Crippen LogP contribution in [0.2, 0.25) is 0 Å². The smallest absolute Gasteiger partial charge is 0.222 e. The van der Waals surface area contributed by atoms with Crippen LogP contribution >= 0.6 is 0 Å². The molecule has 0 aromatic carbocycles. The van der Waals surface area contributed by atoms with Crippen molar-refractivity contribution in [2.24, 2.45) is 11.8 Å². The highest BCUT2D eigenvalue weighted by Gasteiger charge is 2.42. The molecule has 6 unspecified atom stereocenters. The molecule has 2 aliphatic heterocycles. The Balaban J connectivity index is 1.99. The minimum atomic E-state index is 0.0353. The van der Waals surface area contributed by atoms with Gasteiger partial charge in [-0.05, 0) is 91.9 Å². The first-order valence-corrected chi connectivity index (χ1v) is 15.9. The molecule has 38 heavy (non-hydrogen) atoms. The third-order valence-electron chi connectivity index (χ3n) is 9.44. The highest BCUT2D eigenvalue weighted by Crippen LogP contribution is 2.33. The summed E-state index contributed by atoms with van der Waals surface area (Å²) in [6.07, 6.45) is 8.92. The third kappa shape index (κ3) is 9.21. The van der Waals surface area contributed by atoms with Crippen molar-refractivity contribution < 1.29 is 9.59 Å². The number of amides is 2. The lowest BCUT2D eigenvalue weighted by molar-refractivity contribution is -0.138. The molecule has 0 saturated carbocycles. The van der Waals surface area contributed by atoms with Gasteiger partial charge in [-0.25, -0.2) is 0 Å². The Morgan fingerprint density at radius 3 is 1.32 bits per heavy atom. The molecule has 0 aliphatic carbocycles. The predicted octanol–water partition coefficient (Wildman–Crippen LogP) is 6.13. The first-order chi connectivity index (χ1) is 17.7. The molecular formula is C32H62N4O2.